The minimum atomic E-state index is 0.561. The van der Waals surface area contributed by atoms with E-state index in [0.29, 0.717) is 5.82 Å². The van der Waals surface area contributed by atoms with Crippen LogP contribution in [-0.4, -0.2) is 21.1 Å². The summed E-state index contributed by atoms with van der Waals surface area (Å²) in [5, 5.41) is 0. The number of imidazole rings is 1. The van der Waals surface area contributed by atoms with E-state index in [1.54, 1.807) is 6.07 Å². The fourth-order valence-corrected chi connectivity index (χ4v) is 1.98. The molecule has 0 aromatic carbocycles. The smallest absolute Gasteiger partial charge is 0.131 e. The Bertz CT molecular complexity index is 505. The molecule has 0 unspecified atom stereocenters. The second-order valence-electron chi connectivity index (χ2n) is 3.88. The van der Waals surface area contributed by atoms with Crippen LogP contribution in [0.1, 0.15) is 5.82 Å². The van der Waals surface area contributed by atoms with Crippen molar-refractivity contribution in [2.24, 2.45) is 0 Å². The average molecular weight is 215 g/mol. The van der Waals surface area contributed by atoms with Crippen LogP contribution in [-0.2, 0) is 13.1 Å². The molecule has 0 amide bonds. The van der Waals surface area contributed by atoms with Crippen molar-refractivity contribution in [3.05, 3.63) is 36.4 Å². The van der Waals surface area contributed by atoms with E-state index >= 15 is 0 Å². The van der Waals surface area contributed by atoms with Gasteiger partial charge in [0.1, 0.15) is 17.5 Å². The molecule has 5 nitrogen and oxygen atoms in total. The number of anilines is 2. The summed E-state index contributed by atoms with van der Waals surface area (Å²) in [4.78, 5) is 10.8. The van der Waals surface area contributed by atoms with Crippen molar-refractivity contribution in [1.29, 1.82) is 0 Å². The zero-order valence-electron chi connectivity index (χ0n) is 8.87. The number of nitrogen functional groups attached to an aromatic ring is 1. The van der Waals surface area contributed by atoms with Crippen molar-refractivity contribution < 1.29 is 0 Å². The second-order valence-corrected chi connectivity index (χ2v) is 3.88. The zero-order valence-corrected chi connectivity index (χ0v) is 8.87. The largest absolute Gasteiger partial charge is 0.384 e. The van der Waals surface area contributed by atoms with Crippen LogP contribution in [0.5, 0.6) is 0 Å². The van der Waals surface area contributed by atoms with Crippen molar-refractivity contribution >= 4 is 11.6 Å². The Kier molecular flexibility index (Phi) is 2.02. The van der Waals surface area contributed by atoms with Gasteiger partial charge in [0.25, 0.3) is 0 Å². The Morgan fingerprint density at radius 3 is 3.06 bits per heavy atom. The molecular formula is C11H13N5. The van der Waals surface area contributed by atoms with E-state index in [1.165, 1.54) is 0 Å². The third kappa shape index (κ3) is 1.50. The van der Waals surface area contributed by atoms with Crippen LogP contribution >= 0.6 is 0 Å². The van der Waals surface area contributed by atoms with Crippen LogP contribution in [0, 0.1) is 0 Å². The average Bonchev–Trinajstić information content (AvgIpc) is 2.75. The molecule has 0 saturated carbocycles. The number of rotatable bonds is 1. The molecule has 0 aliphatic carbocycles. The standard InChI is InChI=1S/C11H13N5/c12-9-2-1-3-10(14-9)16-7-6-15-5-4-13-11(15)8-16/h1-5H,6-8H2,(H2,12,14). The molecule has 3 heterocycles. The highest BCUT2D eigenvalue weighted by Gasteiger charge is 2.17. The second kappa shape index (κ2) is 3.52. The van der Waals surface area contributed by atoms with Gasteiger partial charge in [-0.15, -0.1) is 0 Å². The van der Waals surface area contributed by atoms with Crippen LogP contribution in [0.15, 0.2) is 30.6 Å². The van der Waals surface area contributed by atoms with Crippen LogP contribution in [0.3, 0.4) is 0 Å². The van der Waals surface area contributed by atoms with E-state index in [1.807, 2.05) is 24.5 Å². The first-order valence-corrected chi connectivity index (χ1v) is 5.30. The Balaban J connectivity index is 1.88. The lowest BCUT2D eigenvalue weighted by atomic mass is 10.3. The van der Waals surface area contributed by atoms with E-state index in [9.17, 15) is 0 Å². The fourth-order valence-electron chi connectivity index (χ4n) is 1.98. The quantitative estimate of drug-likeness (QED) is 0.767. The fraction of sp³-hybridized carbons (Fsp3) is 0.273. The summed E-state index contributed by atoms with van der Waals surface area (Å²) in [6, 6.07) is 5.71. The van der Waals surface area contributed by atoms with Crippen LogP contribution in [0.4, 0.5) is 11.6 Å². The number of nitrogens with two attached hydrogens (primary N) is 1. The topological polar surface area (TPSA) is 60.0 Å². The van der Waals surface area contributed by atoms with Crippen LogP contribution in [0.2, 0.25) is 0 Å². The molecule has 5 heteroatoms. The Labute approximate surface area is 93.5 Å². The molecule has 1 aliphatic rings. The normalized spacial score (nSPS) is 14.9. The Morgan fingerprint density at radius 1 is 1.25 bits per heavy atom. The van der Waals surface area contributed by atoms with Gasteiger partial charge in [-0.05, 0) is 12.1 Å². The first-order valence-electron chi connectivity index (χ1n) is 5.30. The molecule has 0 fully saturated rings. The highest BCUT2D eigenvalue weighted by molar-refractivity contribution is 5.45. The predicted molar refractivity (Wildman–Crippen MR) is 61.9 cm³/mol. The third-order valence-electron chi connectivity index (χ3n) is 2.82. The number of aromatic nitrogens is 3. The molecule has 16 heavy (non-hydrogen) atoms. The van der Waals surface area contributed by atoms with Crippen molar-refractivity contribution in [1.82, 2.24) is 14.5 Å². The van der Waals surface area contributed by atoms with E-state index < -0.39 is 0 Å². The number of hydrogen-bond acceptors (Lipinski definition) is 4. The summed E-state index contributed by atoms with van der Waals surface area (Å²) in [5.74, 6) is 2.57. The lowest BCUT2D eigenvalue weighted by Crippen LogP contribution is -2.34. The van der Waals surface area contributed by atoms with Gasteiger partial charge in [-0.25, -0.2) is 9.97 Å². The predicted octanol–water partition coefficient (Wildman–Crippen LogP) is 0.880. The Morgan fingerprint density at radius 2 is 2.19 bits per heavy atom. The van der Waals surface area contributed by atoms with Crippen molar-refractivity contribution in [3.8, 4) is 0 Å². The minimum Gasteiger partial charge on any atom is -0.384 e. The monoisotopic (exact) mass is 215 g/mol. The summed E-state index contributed by atoms with van der Waals surface area (Å²) in [5.41, 5.74) is 5.68. The van der Waals surface area contributed by atoms with E-state index in [-0.39, 0.29) is 0 Å². The highest BCUT2D eigenvalue weighted by Crippen LogP contribution is 2.18. The number of fused-ring (bicyclic) bond motifs is 1. The summed E-state index contributed by atoms with van der Waals surface area (Å²) >= 11 is 0. The van der Waals surface area contributed by atoms with Gasteiger partial charge in [-0.2, -0.15) is 0 Å². The first kappa shape index (κ1) is 9.21. The summed E-state index contributed by atoms with van der Waals surface area (Å²) in [6.07, 6.45) is 3.85. The molecular weight excluding hydrogens is 202 g/mol. The van der Waals surface area contributed by atoms with Gasteiger partial charge in [0.2, 0.25) is 0 Å². The SMILES string of the molecule is Nc1cccc(N2CCn3ccnc3C2)n1. The van der Waals surface area contributed by atoms with Gasteiger partial charge >= 0.3 is 0 Å². The molecule has 1 aliphatic heterocycles. The maximum atomic E-state index is 5.68. The van der Waals surface area contributed by atoms with Gasteiger partial charge in [-0.3, -0.25) is 0 Å². The maximum absolute atomic E-state index is 5.68. The molecule has 0 atom stereocenters. The van der Waals surface area contributed by atoms with Crippen molar-refractivity contribution in [2.45, 2.75) is 13.1 Å². The molecule has 0 bridgehead atoms. The zero-order chi connectivity index (χ0) is 11.0. The number of pyridine rings is 1. The molecule has 0 saturated heterocycles. The van der Waals surface area contributed by atoms with Crippen molar-refractivity contribution in [3.63, 3.8) is 0 Å². The molecule has 2 N–H and O–H groups in total. The van der Waals surface area contributed by atoms with E-state index in [0.717, 1.165) is 31.3 Å². The van der Waals surface area contributed by atoms with Gasteiger partial charge in [-0.1, -0.05) is 6.07 Å². The highest BCUT2D eigenvalue weighted by atomic mass is 15.3. The molecule has 2 aromatic heterocycles. The first-order chi connectivity index (χ1) is 7.83. The van der Waals surface area contributed by atoms with Gasteiger partial charge in [0.05, 0.1) is 6.54 Å². The molecule has 0 spiro atoms. The minimum absolute atomic E-state index is 0.561. The Hall–Kier alpha value is -2.04. The lowest BCUT2D eigenvalue weighted by Gasteiger charge is -2.28. The lowest BCUT2D eigenvalue weighted by molar-refractivity contribution is 0.556. The molecule has 2 aromatic rings. The van der Waals surface area contributed by atoms with E-state index in [2.05, 4.69) is 19.4 Å². The third-order valence-corrected chi connectivity index (χ3v) is 2.82. The van der Waals surface area contributed by atoms with Gasteiger partial charge in [0, 0.05) is 25.5 Å². The summed E-state index contributed by atoms with van der Waals surface area (Å²) in [6.45, 7) is 2.69. The van der Waals surface area contributed by atoms with Crippen molar-refractivity contribution in [2.75, 3.05) is 17.2 Å². The summed E-state index contributed by atoms with van der Waals surface area (Å²) < 4.78 is 2.17. The van der Waals surface area contributed by atoms with Gasteiger partial charge < -0.3 is 15.2 Å². The molecule has 82 valence electrons. The molecule has 3 rings (SSSR count). The van der Waals surface area contributed by atoms with Crippen LogP contribution in [0.25, 0.3) is 0 Å². The van der Waals surface area contributed by atoms with Gasteiger partial charge in [0.15, 0.2) is 0 Å². The van der Waals surface area contributed by atoms with Crippen LogP contribution < -0.4 is 10.6 Å². The van der Waals surface area contributed by atoms with E-state index in [4.69, 9.17) is 5.73 Å². The maximum Gasteiger partial charge on any atom is 0.131 e. The summed E-state index contributed by atoms with van der Waals surface area (Å²) in [7, 11) is 0. The molecule has 0 radical (unpaired) electrons. The number of hydrogen-bond donors (Lipinski definition) is 1. The number of nitrogens with zero attached hydrogens (tertiary/aromatic N) is 4.